The summed E-state index contributed by atoms with van der Waals surface area (Å²) in [5.41, 5.74) is -0.214. The zero-order chi connectivity index (χ0) is 16.3. The minimum absolute atomic E-state index is 0.0569. The van der Waals surface area contributed by atoms with E-state index in [-0.39, 0.29) is 10.8 Å². The van der Waals surface area contributed by atoms with Crippen molar-refractivity contribution in [1.82, 2.24) is 4.90 Å². The second-order valence-corrected chi connectivity index (χ2v) is 6.84. The smallest absolute Gasteiger partial charge is 0.343 e. The van der Waals surface area contributed by atoms with Gasteiger partial charge in [0.25, 0.3) is 0 Å². The summed E-state index contributed by atoms with van der Waals surface area (Å²) < 4.78 is 36.5. The molecule has 6 heteroatoms. The minimum atomic E-state index is -4.29. The van der Waals surface area contributed by atoms with Crippen LogP contribution in [0.4, 0.5) is 13.2 Å². The molecule has 0 aromatic carbocycles. The SMILES string of the molecule is [C-]#[N+]CC1(C(C)(C)C)CCN(C(=O)CCC(F)(F)F)CC1. The molecule has 0 N–H and O–H groups in total. The Labute approximate surface area is 124 Å². The van der Waals surface area contributed by atoms with Crippen molar-refractivity contribution in [2.75, 3.05) is 19.6 Å². The van der Waals surface area contributed by atoms with Crippen molar-refractivity contribution >= 4 is 5.91 Å². The van der Waals surface area contributed by atoms with E-state index in [9.17, 15) is 18.0 Å². The van der Waals surface area contributed by atoms with E-state index in [0.717, 1.165) is 0 Å². The van der Waals surface area contributed by atoms with Crippen molar-refractivity contribution in [3.05, 3.63) is 11.4 Å². The highest BCUT2D eigenvalue weighted by Crippen LogP contribution is 2.47. The molecule has 1 aliphatic heterocycles. The summed E-state index contributed by atoms with van der Waals surface area (Å²) in [6, 6.07) is 0. The number of rotatable bonds is 3. The van der Waals surface area contributed by atoms with Gasteiger partial charge < -0.3 is 9.74 Å². The van der Waals surface area contributed by atoms with E-state index >= 15 is 0 Å². The largest absolute Gasteiger partial charge is 0.389 e. The second-order valence-electron chi connectivity index (χ2n) is 6.84. The predicted octanol–water partition coefficient (Wildman–Crippen LogP) is 3.90. The summed E-state index contributed by atoms with van der Waals surface area (Å²) >= 11 is 0. The molecule has 0 spiro atoms. The average Bonchev–Trinajstić information content (AvgIpc) is 2.35. The van der Waals surface area contributed by atoms with Gasteiger partial charge in [-0.1, -0.05) is 20.8 Å². The summed E-state index contributed by atoms with van der Waals surface area (Å²) in [7, 11) is 0. The van der Waals surface area contributed by atoms with E-state index in [2.05, 4.69) is 25.6 Å². The number of hydrogen-bond donors (Lipinski definition) is 0. The van der Waals surface area contributed by atoms with Gasteiger partial charge in [-0.3, -0.25) is 4.79 Å². The van der Waals surface area contributed by atoms with Gasteiger partial charge in [0.05, 0.1) is 11.8 Å². The lowest BCUT2D eigenvalue weighted by Gasteiger charge is -2.46. The fourth-order valence-corrected chi connectivity index (χ4v) is 2.89. The van der Waals surface area contributed by atoms with Crippen LogP contribution in [0.25, 0.3) is 4.85 Å². The number of nitrogens with zero attached hydrogens (tertiary/aromatic N) is 2. The molecule has 1 saturated heterocycles. The van der Waals surface area contributed by atoms with Crippen LogP contribution < -0.4 is 0 Å². The van der Waals surface area contributed by atoms with Crippen LogP contribution in [0.15, 0.2) is 0 Å². The van der Waals surface area contributed by atoms with Gasteiger partial charge in [-0.05, 0) is 18.3 Å². The first-order valence-electron chi connectivity index (χ1n) is 7.18. The maximum atomic E-state index is 12.2. The molecule has 0 bridgehead atoms. The molecule has 1 amide bonds. The zero-order valence-electron chi connectivity index (χ0n) is 12.9. The first-order chi connectivity index (χ1) is 9.51. The van der Waals surface area contributed by atoms with Gasteiger partial charge in [0.15, 0.2) is 0 Å². The van der Waals surface area contributed by atoms with Gasteiger partial charge in [-0.15, -0.1) is 0 Å². The monoisotopic (exact) mass is 304 g/mol. The lowest BCUT2D eigenvalue weighted by Crippen LogP contribution is -2.49. The third-order valence-corrected chi connectivity index (χ3v) is 4.67. The van der Waals surface area contributed by atoms with E-state index in [1.165, 1.54) is 4.90 Å². The third kappa shape index (κ3) is 4.62. The molecule has 1 heterocycles. The number of halogens is 3. The van der Waals surface area contributed by atoms with Crippen LogP contribution in [0.1, 0.15) is 46.5 Å². The van der Waals surface area contributed by atoms with Gasteiger partial charge >= 0.3 is 6.18 Å². The fraction of sp³-hybridized carbons (Fsp3) is 0.867. The number of piperidine rings is 1. The Kier molecular flexibility index (Phi) is 5.30. The molecule has 0 saturated carbocycles. The molecule has 1 fully saturated rings. The molecule has 21 heavy (non-hydrogen) atoms. The van der Waals surface area contributed by atoms with Crippen LogP contribution in [0.5, 0.6) is 0 Å². The van der Waals surface area contributed by atoms with E-state index in [4.69, 9.17) is 6.57 Å². The van der Waals surface area contributed by atoms with Crippen LogP contribution in [0.2, 0.25) is 0 Å². The molecule has 0 aliphatic carbocycles. The molecular formula is C15H23F3N2O. The van der Waals surface area contributed by atoms with E-state index in [1.807, 2.05) is 0 Å². The maximum Gasteiger partial charge on any atom is 0.389 e. The molecule has 0 radical (unpaired) electrons. The molecule has 3 nitrogen and oxygen atoms in total. The number of carbonyl (C=O) groups excluding carboxylic acids is 1. The lowest BCUT2D eigenvalue weighted by atomic mass is 9.61. The van der Waals surface area contributed by atoms with E-state index < -0.39 is 24.9 Å². The van der Waals surface area contributed by atoms with Gasteiger partial charge in [0.2, 0.25) is 12.5 Å². The number of hydrogen-bond acceptors (Lipinski definition) is 1. The van der Waals surface area contributed by atoms with Crippen molar-refractivity contribution in [2.45, 2.75) is 52.6 Å². The summed E-state index contributed by atoms with van der Waals surface area (Å²) in [5.74, 6) is -0.433. The number of likely N-dealkylation sites (tertiary alicyclic amines) is 1. The number of alkyl halides is 3. The van der Waals surface area contributed by atoms with Crippen LogP contribution in [0, 0.1) is 17.4 Å². The third-order valence-electron chi connectivity index (χ3n) is 4.67. The quantitative estimate of drug-likeness (QED) is 0.726. The fourth-order valence-electron chi connectivity index (χ4n) is 2.89. The first kappa shape index (κ1) is 17.8. The molecular weight excluding hydrogens is 281 g/mol. The highest BCUT2D eigenvalue weighted by molar-refractivity contribution is 5.76. The van der Waals surface area contributed by atoms with Crippen molar-refractivity contribution in [3.8, 4) is 0 Å². The second kappa shape index (κ2) is 6.25. The highest BCUT2D eigenvalue weighted by Gasteiger charge is 2.47. The highest BCUT2D eigenvalue weighted by atomic mass is 19.4. The Bertz CT molecular complexity index is 410. The zero-order valence-corrected chi connectivity index (χ0v) is 12.9. The topological polar surface area (TPSA) is 24.7 Å². The van der Waals surface area contributed by atoms with Crippen LogP contribution in [-0.4, -0.2) is 36.6 Å². The summed E-state index contributed by atoms with van der Waals surface area (Å²) in [5, 5.41) is 0. The number of amides is 1. The van der Waals surface area contributed by atoms with Crippen molar-refractivity contribution in [1.29, 1.82) is 0 Å². The maximum absolute atomic E-state index is 12.2. The van der Waals surface area contributed by atoms with Gasteiger partial charge in [-0.2, -0.15) is 13.2 Å². The molecule has 1 aliphatic rings. The summed E-state index contributed by atoms with van der Waals surface area (Å²) in [6.45, 7) is 14.7. The molecule has 0 unspecified atom stereocenters. The van der Waals surface area contributed by atoms with E-state index in [0.29, 0.717) is 32.5 Å². The average molecular weight is 304 g/mol. The first-order valence-corrected chi connectivity index (χ1v) is 7.18. The molecule has 0 aromatic heterocycles. The van der Waals surface area contributed by atoms with Crippen molar-refractivity contribution in [3.63, 3.8) is 0 Å². The van der Waals surface area contributed by atoms with Crippen LogP contribution in [0.3, 0.4) is 0 Å². The Morgan fingerprint density at radius 1 is 1.24 bits per heavy atom. The molecule has 120 valence electrons. The summed E-state index contributed by atoms with van der Waals surface area (Å²) in [4.78, 5) is 16.9. The van der Waals surface area contributed by atoms with E-state index in [1.54, 1.807) is 0 Å². The van der Waals surface area contributed by atoms with Gasteiger partial charge in [0.1, 0.15) is 0 Å². The molecule has 0 atom stereocenters. The summed E-state index contributed by atoms with van der Waals surface area (Å²) in [6.07, 6.45) is -4.47. The molecule has 0 aromatic rings. The lowest BCUT2D eigenvalue weighted by molar-refractivity contribution is -0.151. The van der Waals surface area contributed by atoms with Crippen LogP contribution in [-0.2, 0) is 4.79 Å². The molecule has 1 rings (SSSR count). The predicted molar refractivity (Wildman–Crippen MR) is 74.5 cm³/mol. The number of carbonyl (C=O) groups is 1. The normalized spacial score (nSPS) is 19.2. The van der Waals surface area contributed by atoms with Crippen molar-refractivity contribution < 1.29 is 18.0 Å². The van der Waals surface area contributed by atoms with Crippen molar-refractivity contribution in [2.24, 2.45) is 10.8 Å². The Morgan fingerprint density at radius 2 is 1.76 bits per heavy atom. The van der Waals surface area contributed by atoms with Gasteiger partial charge in [0, 0.05) is 19.5 Å². The van der Waals surface area contributed by atoms with Crippen LogP contribution >= 0.6 is 0 Å². The minimum Gasteiger partial charge on any atom is -0.343 e. The standard InChI is InChI=1S/C15H23F3N2O/c1-13(2,3)14(11-19-4)7-9-20(10-8-14)12(21)5-6-15(16,17)18/h5-11H2,1-3H3. The Morgan fingerprint density at radius 3 is 2.14 bits per heavy atom. The Balaban J connectivity index is 2.62. The van der Waals surface area contributed by atoms with Gasteiger partial charge in [-0.25, -0.2) is 6.57 Å². The Hall–Kier alpha value is -1.25.